The van der Waals surface area contributed by atoms with Gasteiger partial charge in [0.25, 0.3) is 5.56 Å². The maximum absolute atomic E-state index is 13.7. The highest BCUT2D eigenvalue weighted by molar-refractivity contribution is 5.75. The molecule has 0 amide bonds. The normalized spacial score (nSPS) is 15.8. The van der Waals surface area contributed by atoms with Crippen LogP contribution in [0, 0.1) is 29.1 Å². The number of nitrogens with zero attached hydrogens (tertiary/aromatic N) is 6. The Hall–Kier alpha value is -3.78. The SMILES string of the molecule is CC#CCn1c(N2CCCC(C)C2)nc2nc(OC)n(Cc3ccccc3C#N)c(=O)c21. The van der Waals surface area contributed by atoms with Crippen LogP contribution in [0.25, 0.3) is 11.2 Å². The number of anilines is 1. The first-order valence-electron chi connectivity index (χ1n) is 10.7. The molecule has 0 saturated carbocycles. The van der Waals surface area contributed by atoms with E-state index in [2.05, 4.69) is 34.7 Å². The van der Waals surface area contributed by atoms with Gasteiger partial charge in [-0.1, -0.05) is 31.0 Å². The molecule has 1 saturated heterocycles. The summed E-state index contributed by atoms with van der Waals surface area (Å²) in [4.78, 5) is 25.2. The van der Waals surface area contributed by atoms with Crippen molar-refractivity contribution in [2.24, 2.45) is 5.92 Å². The Morgan fingerprint density at radius 3 is 2.78 bits per heavy atom. The van der Waals surface area contributed by atoms with Gasteiger partial charge in [-0.15, -0.1) is 5.92 Å². The van der Waals surface area contributed by atoms with Crippen molar-refractivity contribution in [1.82, 2.24) is 19.1 Å². The highest BCUT2D eigenvalue weighted by Gasteiger charge is 2.26. The number of piperidine rings is 1. The first kappa shape index (κ1) is 21.5. The molecule has 1 unspecified atom stereocenters. The number of aromatic nitrogens is 4. The van der Waals surface area contributed by atoms with Crippen molar-refractivity contribution >= 4 is 17.1 Å². The van der Waals surface area contributed by atoms with E-state index in [1.807, 2.05) is 16.7 Å². The van der Waals surface area contributed by atoms with E-state index in [0.29, 0.717) is 29.2 Å². The third-order valence-corrected chi connectivity index (χ3v) is 5.81. The summed E-state index contributed by atoms with van der Waals surface area (Å²) < 4.78 is 8.77. The molecule has 0 spiro atoms. The molecule has 8 heteroatoms. The molecule has 1 aliphatic rings. The van der Waals surface area contributed by atoms with Crippen molar-refractivity contribution in [3.63, 3.8) is 0 Å². The summed E-state index contributed by atoms with van der Waals surface area (Å²) in [7, 11) is 1.48. The monoisotopic (exact) mass is 430 g/mol. The van der Waals surface area contributed by atoms with Gasteiger partial charge in [0.15, 0.2) is 11.2 Å². The molecule has 0 N–H and O–H groups in total. The molecule has 164 valence electrons. The summed E-state index contributed by atoms with van der Waals surface area (Å²) in [6, 6.07) is 9.55. The lowest BCUT2D eigenvalue weighted by atomic mass is 10.0. The molecule has 1 aromatic carbocycles. The molecule has 3 heterocycles. The maximum atomic E-state index is 13.7. The Kier molecular flexibility index (Phi) is 6.13. The fourth-order valence-corrected chi connectivity index (χ4v) is 4.24. The number of ether oxygens (including phenoxy) is 1. The minimum absolute atomic E-state index is 0.167. The number of rotatable bonds is 5. The highest BCUT2D eigenvalue weighted by atomic mass is 16.5. The van der Waals surface area contributed by atoms with Gasteiger partial charge in [0.05, 0.1) is 31.8 Å². The third-order valence-electron chi connectivity index (χ3n) is 5.81. The average Bonchev–Trinajstić information content (AvgIpc) is 3.18. The molecule has 1 fully saturated rings. The van der Waals surface area contributed by atoms with Crippen LogP contribution >= 0.6 is 0 Å². The first-order valence-corrected chi connectivity index (χ1v) is 10.7. The van der Waals surface area contributed by atoms with Gasteiger partial charge in [-0.25, -0.2) is 0 Å². The van der Waals surface area contributed by atoms with Crippen LogP contribution in [0.15, 0.2) is 29.1 Å². The lowest BCUT2D eigenvalue weighted by Gasteiger charge is -2.31. The summed E-state index contributed by atoms with van der Waals surface area (Å²) in [6.45, 7) is 6.30. The second-order valence-corrected chi connectivity index (χ2v) is 8.05. The van der Waals surface area contributed by atoms with Gasteiger partial charge in [-0.2, -0.15) is 15.2 Å². The number of hydrogen-bond acceptors (Lipinski definition) is 6. The van der Waals surface area contributed by atoms with E-state index >= 15 is 0 Å². The average molecular weight is 431 g/mol. The summed E-state index contributed by atoms with van der Waals surface area (Å²) in [5, 5.41) is 9.46. The van der Waals surface area contributed by atoms with E-state index in [0.717, 1.165) is 31.0 Å². The zero-order valence-electron chi connectivity index (χ0n) is 18.6. The lowest BCUT2D eigenvalue weighted by Crippen LogP contribution is -2.36. The largest absolute Gasteiger partial charge is 0.468 e. The molecular formula is C24H26N6O2. The zero-order chi connectivity index (χ0) is 22.7. The zero-order valence-corrected chi connectivity index (χ0v) is 18.6. The predicted molar refractivity (Wildman–Crippen MR) is 123 cm³/mol. The van der Waals surface area contributed by atoms with Gasteiger partial charge >= 0.3 is 6.01 Å². The fraction of sp³-hybridized carbons (Fsp3) is 0.417. The predicted octanol–water partition coefficient (Wildman–Crippen LogP) is 2.78. The van der Waals surface area contributed by atoms with Crippen LogP contribution in [-0.2, 0) is 13.1 Å². The van der Waals surface area contributed by atoms with E-state index in [1.54, 1.807) is 19.1 Å². The molecule has 8 nitrogen and oxygen atoms in total. The molecule has 0 aliphatic carbocycles. The minimum Gasteiger partial charge on any atom is -0.468 e. The molecule has 4 rings (SSSR count). The third kappa shape index (κ3) is 3.92. The van der Waals surface area contributed by atoms with E-state index in [1.165, 1.54) is 18.1 Å². The van der Waals surface area contributed by atoms with Gasteiger partial charge in [-0.3, -0.25) is 13.9 Å². The summed E-state index contributed by atoms with van der Waals surface area (Å²) in [6.07, 6.45) is 2.26. The van der Waals surface area contributed by atoms with Crippen molar-refractivity contribution in [3.8, 4) is 23.9 Å². The molecular weight excluding hydrogens is 404 g/mol. The van der Waals surface area contributed by atoms with E-state index < -0.39 is 0 Å². The molecule has 32 heavy (non-hydrogen) atoms. The molecule has 2 aromatic heterocycles. The number of benzene rings is 1. The summed E-state index contributed by atoms with van der Waals surface area (Å²) in [5.74, 6) is 7.26. The van der Waals surface area contributed by atoms with Crippen molar-refractivity contribution in [2.45, 2.75) is 39.8 Å². The van der Waals surface area contributed by atoms with Crippen LogP contribution in [0.1, 0.15) is 37.8 Å². The number of imidazole rings is 1. The Morgan fingerprint density at radius 2 is 2.06 bits per heavy atom. The van der Waals surface area contributed by atoms with Crippen LogP contribution in [0.3, 0.4) is 0 Å². The Balaban J connectivity index is 1.90. The van der Waals surface area contributed by atoms with Gasteiger partial charge in [0.2, 0.25) is 5.95 Å². The molecule has 3 aromatic rings. The number of fused-ring (bicyclic) bond motifs is 1. The minimum atomic E-state index is -0.263. The van der Waals surface area contributed by atoms with Crippen molar-refractivity contribution < 1.29 is 4.74 Å². The van der Waals surface area contributed by atoms with E-state index in [4.69, 9.17) is 9.72 Å². The fourth-order valence-electron chi connectivity index (χ4n) is 4.24. The van der Waals surface area contributed by atoms with Gasteiger partial charge in [-0.05, 0) is 37.3 Å². The van der Waals surface area contributed by atoms with Crippen molar-refractivity contribution in [3.05, 3.63) is 45.7 Å². The lowest BCUT2D eigenvalue weighted by molar-refractivity contribution is 0.353. The van der Waals surface area contributed by atoms with Crippen LogP contribution in [0.4, 0.5) is 5.95 Å². The van der Waals surface area contributed by atoms with Gasteiger partial charge in [0, 0.05) is 13.1 Å². The second-order valence-electron chi connectivity index (χ2n) is 8.05. The van der Waals surface area contributed by atoms with E-state index in [9.17, 15) is 10.1 Å². The van der Waals surface area contributed by atoms with Crippen molar-refractivity contribution in [2.75, 3.05) is 25.1 Å². The van der Waals surface area contributed by atoms with Gasteiger partial charge in [0.1, 0.15) is 0 Å². The van der Waals surface area contributed by atoms with Crippen molar-refractivity contribution in [1.29, 1.82) is 5.26 Å². The number of nitriles is 1. The maximum Gasteiger partial charge on any atom is 0.301 e. The molecule has 1 atom stereocenters. The van der Waals surface area contributed by atoms with Crippen LogP contribution in [-0.4, -0.2) is 39.3 Å². The Morgan fingerprint density at radius 1 is 1.25 bits per heavy atom. The summed E-state index contributed by atoms with van der Waals surface area (Å²) in [5.41, 5.74) is 1.72. The quantitative estimate of drug-likeness (QED) is 0.579. The number of methoxy groups -OCH3 is 1. The van der Waals surface area contributed by atoms with Crippen LogP contribution in [0.2, 0.25) is 0 Å². The summed E-state index contributed by atoms with van der Waals surface area (Å²) >= 11 is 0. The van der Waals surface area contributed by atoms with Gasteiger partial charge < -0.3 is 9.64 Å². The molecule has 0 bridgehead atoms. The molecule has 1 aliphatic heterocycles. The second kappa shape index (κ2) is 9.15. The van der Waals surface area contributed by atoms with Crippen LogP contribution < -0.4 is 15.2 Å². The highest BCUT2D eigenvalue weighted by Crippen LogP contribution is 2.26. The first-order chi connectivity index (χ1) is 15.6. The van der Waals surface area contributed by atoms with E-state index in [-0.39, 0.29) is 18.1 Å². The topological polar surface area (TPSA) is 89.0 Å². The molecule has 0 radical (unpaired) electrons. The Bertz CT molecular complexity index is 1300. The Labute approximate surface area is 187 Å². The van der Waals surface area contributed by atoms with Crippen LogP contribution in [0.5, 0.6) is 6.01 Å². The smallest absolute Gasteiger partial charge is 0.301 e. The standard InChI is InChI=1S/C24H26N6O2/c1-4-5-13-29-20-21(26-23(29)28-12-8-9-17(2)15-28)27-24(32-3)30(22(20)31)16-19-11-7-6-10-18(19)14-25/h6-7,10-11,17H,8-9,12-13,15-16H2,1-3H3. The number of hydrogen-bond donors (Lipinski definition) is 0.